The molecule has 1 atom stereocenters. The van der Waals surface area contributed by atoms with Crippen molar-refractivity contribution in [2.45, 2.75) is 32.9 Å². The molecule has 0 aliphatic carbocycles. The molecule has 0 saturated carbocycles. The summed E-state index contributed by atoms with van der Waals surface area (Å²) < 4.78 is 20.9. The van der Waals surface area contributed by atoms with Crippen LogP contribution in [0.2, 0.25) is 0 Å². The van der Waals surface area contributed by atoms with Crippen molar-refractivity contribution in [3.05, 3.63) is 112 Å². The van der Waals surface area contributed by atoms with Crippen LogP contribution in [0.5, 0.6) is 17.2 Å². The number of rotatable bonds is 7. The van der Waals surface area contributed by atoms with Gasteiger partial charge < -0.3 is 39.1 Å². The van der Waals surface area contributed by atoms with E-state index in [0.717, 1.165) is 31.6 Å². The summed E-state index contributed by atoms with van der Waals surface area (Å²) in [5.41, 5.74) is 13.1. The highest BCUT2D eigenvalue weighted by atomic mass is 16.7. The van der Waals surface area contributed by atoms with Gasteiger partial charge in [-0.05, 0) is 73.9 Å². The number of ether oxygens (including phenoxy) is 3. The van der Waals surface area contributed by atoms with Crippen LogP contribution in [0.4, 0.5) is 17.1 Å². The highest BCUT2D eigenvalue weighted by Crippen LogP contribution is 2.42. The minimum absolute atomic E-state index is 0.0263. The number of nitrogens with two attached hydrogens (primary N) is 1. The highest BCUT2D eigenvalue weighted by Gasteiger charge is 2.35. The summed E-state index contributed by atoms with van der Waals surface area (Å²) in [6.45, 7) is 7.78. The normalized spacial score (nSPS) is 16.6. The number of benzene rings is 3. The zero-order chi connectivity index (χ0) is 37.7. The van der Waals surface area contributed by atoms with Gasteiger partial charge in [0.1, 0.15) is 17.5 Å². The van der Waals surface area contributed by atoms with Gasteiger partial charge in [-0.15, -0.1) is 0 Å². The lowest BCUT2D eigenvalue weighted by atomic mass is 9.92. The third kappa shape index (κ3) is 6.09. The van der Waals surface area contributed by atoms with Gasteiger partial charge in [-0.25, -0.2) is 0 Å². The van der Waals surface area contributed by atoms with Crippen molar-refractivity contribution >= 4 is 28.9 Å². The van der Waals surface area contributed by atoms with Crippen LogP contribution in [-0.2, 0) is 24.8 Å². The topological polar surface area (TPSA) is 151 Å². The van der Waals surface area contributed by atoms with Crippen LogP contribution in [0, 0.1) is 25.2 Å². The summed E-state index contributed by atoms with van der Waals surface area (Å²) in [7, 11) is 1.76. The first-order valence-electron chi connectivity index (χ1n) is 17.9. The van der Waals surface area contributed by atoms with Crippen molar-refractivity contribution < 1.29 is 28.9 Å². The Morgan fingerprint density at radius 2 is 1.74 bits per heavy atom. The largest absolute Gasteiger partial charge is 0.508 e. The van der Waals surface area contributed by atoms with Crippen molar-refractivity contribution in [2.75, 3.05) is 50.3 Å². The van der Waals surface area contributed by atoms with Gasteiger partial charge in [0.2, 0.25) is 6.79 Å². The molecule has 3 aliphatic heterocycles. The van der Waals surface area contributed by atoms with E-state index in [2.05, 4.69) is 23.1 Å². The number of amides is 2. The van der Waals surface area contributed by atoms with Gasteiger partial charge in [-0.2, -0.15) is 5.26 Å². The fourth-order valence-corrected chi connectivity index (χ4v) is 7.68. The number of nitriles is 1. The lowest BCUT2D eigenvalue weighted by Crippen LogP contribution is -2.52. The number of aromatic nitrogens is 2. The maximum Gasteiger partial charge on any atom is 0.266 e. The molecular weight excluding hydrogens is 686 g/mol. The second-order valence-electron chi connectivity index (χ2n) is 13.9. The summed E-state index contributed by atoms with van der Waals surface area (Å²) in [5.74, 6) is 0.319. The first kappa shape index (κ1) is 34.8. The number of morpholine rings is 1. The molecule has 0 radical (unpaired) electrons. The van der Waals surface area contributed by atoms with Crippen molar-refractivity contribution in [3.63, 3.8) is 0 Å². The molecule has 1 fully saturated rings. The van der Waals surface area contributed by atoms with E-state index in [1.807, 2.05) is 24.0 Å². The quantitative estimate of drug-likeness (QED) is 0.231. The summed E-state index contributed by atoms with van der Waals surface area (Å²) in [6.07, 6.45) is 2.39. The fourth-order valence-electron chi connectivity index (χ4n) is 7.68. The Morgan fingerprint density at radius 3 is 2.46 bits per heavy atom. The zero-order valence-corrected chi connectivity index (χ0v) is 30.4. The number of anilines is 3. The Hall–Kier alpha value is -6.23. The number of phenolic OH excluding ortho intramolecular Hbond substituents is 1. The number of carbonyl (C=O) groups is 2. The molecule has 2 amide bonds. The minimum atomic E-state index is -0.447. The molecule has 3 aliphatic rings. The van der Waals surface area contributed by atoms with Crippen LogP contribution >= 0.6 is 0 Å². The molecular formula is C41H41N7O6. The lowest BCUT2D eigenvalue weighted by Gasteiger charge is -2.40. The van der Waals surface area contributed by atoms with Crippen LogP contribution in [0.25, 0.3) is 5.69 Å². The van der Waals surface area contributed by atoms with Gasteiger partial charge in [0.05, 0.1) is 35.8 Å². The Bertz CT molecular complexity index is 2320. The summed E-state index contributed by atoms with van der Waals surface area (Å²) >= 11 is 0. The Kier molecular flexibility index (Phi) is 9.01. The predicted octanol–water partition coefficient (Wildman–Crippen LogP) is 5.20. The van der Waals surface area contributed by atoms with Crippen LogP contribution in [-0.4, -0.2) is 81.5 Å². The Morgan fingerprint density at radius 1 is 1.00 bits per heavy atom. The molecule has 3 N–H and O–H groups in total. The molecule has 54 heavy (non-hydrogen) atoms. The SMILES string of the molecule is Cc1c(N)c(C(=O)N(c2ccc(O)cc2)c2cc(C#N)n(C)c2C)cn1-c1cc(C(=O)N2Cc3ccccc3C[C@H]2CN2CCOCC2)cc2c1OCO2. The molecule has 0 spiro atoms. The molecule has 13 nitrogen and oxygen atoms in total. The third-order valence-corrected chi connectivity index (χ3v) is 10.9. The first-order chi connectivity index (χ1) is 26.1. The minimum Gasteiger partial charge on any atom is -0.508 e. The number of nitrogens with zero attached hydrogens (tertiary/aromatic N) is 6. The number of hydrogen-bond donors (Lipinski definition) is 2. The Balaban J connectivity index is 1.19. The number of aromatic hydroxyl groups is 1. The fraction of sp³-hybridized carbons (Fsp3) is 0.293. The monoisotopic (exact) mass is 727 g/mol. The van der Waals surface area contributed by atoms with Crippen LogP contribution in [0.3, 0.4) is 0 Å². The molecule has 3 aromatic carbocycles. The molecule has 5 heterocycles. The summed E-state index contributed by atoms with van der Waals surface area (Å²) in [5, 5.41) is 19.8. The van der Waals surface area contributed by atoms with Crippen LogP contribution < -0.4 is 20.1 Å². The third-order valence-electron chi connectivity index (χ3n) is 10.9. The molecule has 276 valence electrons. The van der Waals surface area contributed by atoms with Crippen molar-refractivity contribution in [3.8, 4) is 29.0 Å². The van der Waals surface area contributed by atoms with Gasteiger partial charge in [0.25, 0.3) is 11.8 Å². The van der Waals surface area contributed by atoms with E-state index in [1.165, 1.54) is 22.6 Å². The second kappa shape index (κ2) is 14.0. The Labute approximate surface area is 312 Å². The van der Waals surface area contributed by atoms with E-state index in [4.69, 9.17) is 19.9 Å². The molecule has 8 rings (SSSR count). The van der Waals surface area contributed by atoms with Crippen molar-refractivity contribution in [2.24, 2.45) is 7.05 Å². The number of hydrogen-bond acceptors (Lipinski definition) is 9. The number of carbonyl (C=O) groups excluding carboxylic acids is 2. The molecule has 13 heteroatoms. The van der Waals surface area contributed by atoms with Crippen LogP contribution in [0.1, 0.15) is 48.9 Å². The summed E-state index contributed by atoms with van der Waals surface area (Å²) in [4.78, 5) is 35.1. The number of nitrogen functional groups attached to an aromatic ring is 1. The molecule has 1 saturated heterocycles. The van der Waals surface area contributed by atoms with Gasteiger partial charge >= 0.3 is 0 Å². The van der Waals surface area contributed by atoms with E-state index < -0.39 is 5.91 Å². The van der Waals surface area contributed by atoms with Gasteiger partial charge in [-0.3, -0.25) is 19.4 Å². The predicted molar refractivity (Wildman–Crippen MR) is 202 cm³/mol. The first-order valence-corrected chi connectivity index (χ1v) is 17.9. The van der Waals surface area contributed by atoms with E-state index in [9.17, 15) is 20.0 Å². The maximum atomic E-state index is 14.7. The molecule has 0 bridgehead atoms. The zero-order valence-electron chi connectivity index (χ0n) is 30.4. The second-order valence-corrected chi connectivity index (χ2v) is 13.9. The highest BCUT2D eigenvalue weighted by molar-refractivity contribution is 6.14. The summed E-state index contributed by atoms with van der Waals surface area (Å²) in [6, 6.07) is 21.8. The average Bonchev–Trinajstić information content (AvgIpc) is 3.87. The van der Waals surface area contributed by atoms with Crippen LogP contribution in [0.15, 0.2) is 72.9 Å². The standard InChI is InChI=1S/C41H41N7O6/c1-25-35(19-31(20-42)44(25)3)48(30-8-10-33(49)11-9-30)41(51)34-23-46(26(2)38(34)43)36-17-29(18-37-39(36)54-24-53-37)40(50)47-21-28-7-5-4-6-27(28)16-32(47)22-45-12-14-52-15-13-45/h4-11,17-19,23,32,49H,12-16,21-22,24,43H2,1-3H3/t32-/m0/s1. The van der Waals surface area contributed by atoms with E-state index in [1.54, 1.807) is 59.6 Å². The van der Waals surface area contributed by atoms with Crippen molar-refractivity contribution in [1.82, 2.24) is 18.9 Å². The van der Waals surface area contributed by atoms with Gasteiger partial charge in [-0.1, -0.05) is 24.3 Å². The van der Waals surface area contributed by atoms with E-state index in [-0.39, 0.29) is 35.7 Å². The number of phenols is 1. The number of fused-ring (bicyclic) bond motifs is 2. The maximum absolute atomic E-state index is 14.7. The molecule has 2 aromatic heterocycles. The van der Waals surface area contributed by atoms with E-state index >= 15 is 0 Å². The van der Waals surface area contributed by atoms with Crippen molar-refractivity contribution in [1.29, 1.82) is 5.26 Å². The van der Waals surface area contributed by atoms with Gasteiger partial charge in [0, 0.05) is 68.1 Å². The smallest absolute Gasteiger partial charge is 0.266 e. The molecule has 0 unspecified atom stereocenters. The van der Waals surface area contributed by atoms with Gasteiger partial charge in [0.15, 0.2) is 11.5 Å². The van der Waals surface area contributed by atoms with E-state index in [0.29, 0.717) is 71.0 Å². The molecule has 5 aromatic rings. The average molecular weight is 728 g/mol. The lowest BCUT2D eigenvalue weighted by molar-refractivity contribution is 0.0192.